The zero-order chi connectivity index (χ0) is 12.2. The van der Waals surface area contributed by atoms with E-state index in [0.29, 0.717) is 0 Å². The zero-order valence-electron chi connectivity index (χ0n) is 10.4. The van der Waals surface area contributed by atoms with Crippen LogP contribution in [-0.2, 0) is 12.0 Å². The van der Waals surface area contributed by atoms with E-state index < -0.39 is 0 Å². The lowest BCUT2D eigenvalue weighted by Crippen LogP contribution is -2.45. The van der Waals surface area contributed by atoms with Gasteiger partial charge in [-0.05, 0) is 43.0 Å². The second-order valence-electron chi connectivity index (χ2n) is 5.63. The number of fused-ring (bicyclic) bond motifs is 4. The van der Waals surface area contributed by atoms with E-state index in [2.05, 4.69) is 10.3 Å². The largest absolute Gasteiger partial charge is 0.357 e. The van der Waals surface area contributed by atoms with Crippen LogP contribution in [0.3, 0.4) is 0 Å². The Labute approximate surface area is 106 Å². The van der Waals surface area contributed by atoms with Gasteiger partial charge in [-0.2, -0.15) is 0 Å². The number of aromatic nitrogens is 1. The fraction of sp³-hybridized carbons (Fsp3) is 0.467. The maximum absolute atomic E-state index is 13.4. The van der Waals surface area contributed by atoms with Gasteiger partial charge in [0.25, 0.3) is 0 Å². The monoisotopic (exact) mass is 244 g/mol. The summed E-state index contributed by atoms with van der Waals surface area (Å²) in [5, 5.41) is 4.78. The van der Waals surface area contributed by atoms with Gasteiger partial charge in [0.2, 0.25) is 0 Å². The van der Waals surface area contributed by atoms with Crippen LogP contribution in [0.2, 0.25) is 0 Å². The van der Waals surface area contributed by atoms with E-state index in [1.54, 1.807) is 12.1 Å². The third kappa shape index (κ3) is 1.31. The van der Waals surface area contributed by atoms with Gasteiger partial charge in [-0.15, -0.1) is 0 Å². The van der Waals surface area contributed by atoms with Crippen LogP contribution in [-0.4, -0.2) is 11.5 Å². The van der Waals surface area contributed by atoms with Crippen molar-refractivity contribution in [2.45, 2.75) is 37.6 Å². The molecule has 0 radical (unpaired) electrons. The Morgan fingerprint density at radius 2 is 2.00 bits per heavy atom. The molecule has 1 fully saturated rings. The number of benzene rings is 1. The molecule has 1 aromatic heterocycles. The first-order valence-corrected chi connectivity index (χ1v) is 6.84. The molecule has 94 valence electrons. The van der Waals surface area contributed by atoms with Crippen LogP contribution in [0.15, 0.2) is 18.2 Å². The van der Waals surface area contributed by atoms with Crippen molar-refractivity contribution in [2.24, 2.45) is 0 Å². The first kappa shape index (κ1) is 10.6. The minimum absolute atomic E-state index is 0.136. The predicted molar refractivity (Wildman–Crippen MR) is 70.1 cm³/mol. The second kappa shape index (κ2) is 3.58. The normalized spacial score (nSPS) is 21.6. The van der Waals surface area contributed by atoms with Crippen molar-refractivity contribution in [3.8, 4) is 0 Å². The maximum Gasteiger partial charge on any atom is 0.123 e. The van der Waals surface area contributed by atoms with Gasteiger partial charge in [-0.25, -0.2) is 4.39 Å². The second-order valence-corrected chi connectivity index (χ2v) is 5.63. The molecule has 3 heteroatoms. The zero-order valence-corrected chi connectivity index (χ0v) is 10.4. The Bertz CT molecular complexity index is 608. The molecule has 0 unspecified atom stereocenters. The summed E-state index contributed by atoms with van der Waals surface area (Å²) in [4.78, 5) is 3.55. The quantitative estimate of drug-likeness (QED) is 0.731. The van der Waals surface area contributed by atoms with Crippen molar-refractivity contribution >= 4 is 10.9 Å². The van der Waals surface area contributed by atoms with Crippen LogP contribution < -0.4 is 5.32 Å². The van der Waals surface area contributed by atoms with Crippen molar-refractivity contribution in [3.63, 3.8) is 0 Å². The highest BCUT2D eigenvalue weighted by Crippen LogP contribution is 2.43. The van der Waals surface area contributed by atoms with E-state index in [0.717, 1.165) is 23.9 Å². The minimum atomic E-state index is -0.136. The van der Waals surface area contributed by atoms with Gasteiger partial charge in [0.15, 0.2) is 0 Å². The molecule has 1 aliphatic carbocycles. The van der Waals surface area contributed by atoms with Crippen molar-refractivity contribution in [1.29, 1.82) is 0 Å². The van der Waals surface area contributed by atoms with Crippen LogP contribution in [0.5, 0.6) is 0 Å². The van der Waals surface area contributed by atoms with Gasteiger partial charge < -0.3 is 10.3 Å². The summed E-state index contributed by atoms with van der Waals surface area (Å²) in [6.45, 7) is 1.01. The molecule has 2 aliphatic rings. The number of H-pyrrole nitrogens is 1. The first-order chi connectivity index (χ1) is 8.78. The Balaban J connectivity index is 1.98. The third-order valence-electron chi connectivity index (χ3n) is 4.64. The molecule has 2 N–H and O–H groups in total. The lowest BCUT2D eigenvalue weighted by molar-refractivity contribution is 0.317. The molecule has 1 aliphatic heterocycles. The fourth-order valence-corrected chi connectivity index (χ4v) is 3.81. The summed E-state index contributed by atoms with van der Waals surface area (Å²) in [6, 6.07) is 5.09. The molecule has 0 bridgehead atoms. The van der Waals surface area contributed by atoms with Gasteiger partial charge in [0.05, 0.1) is 5.54 Å². The number of hydrogen-bond acceptors (Lipinski definition) is 1. The van der Waals surface area contributed by atoms with E-state index in [-0.39, 0.29) is 11.4 Å². The number of aromatic amines is 1. The number of rotatable bonds is 0. The SMILES string of the molecule is Fc1ccc2[nH]c3c(c2c1)CCNC31CCCC1. The lowest BCUT2D eigenvalue weighted by Gasteiger charge is -2.35. The summed E-state index contributed by atoms with van der Waals surface area (Å²) >= 11 is 0. The molecule has 4 rings (SSSR count). The molecular formula is C15H17FN2. The average Bonchev–Trinajstić information content (AvgIpc) is 2.96. The highest BCUT2D eigenvalue weighted by Gasteiger charge is 2.40. The van der Waals surface area contributed by atoms with Gasteiger partial charge in [-0.1, -0.05) is 12.8 Å². The molecular weight excluding hydrogens is 227 g/mol. The standard InChI is InChI=1S/C15H17FN2/c16-10-3-4-13-12(9-10)11-5-8-17-15(14(11)18-13)6-1-2-7-15/h3-4,9,17-18H,1-2,5-8H2. The van der Waals surface area contributed by atoms with E-state index >= 15 is 0 Å². The molecule has 2 aromatic rings. The predicted octanol–water partition coefficient (Wildman–Crippen LogP) is 3.22. The Morgan fingerprint density at radius 1 is 1.17 bits per heavy atom. The van der Waals surface area contributed by atoms with Crippen LogP contribution >= 0.6 is 0 Å². The van der Waals surface area contributed by atoms with Gasteiger partial charge in [0.1, 0.15) is 5.82 Å². The van der Waals surface area contributed by atoms with Gasteiger partial charge in [0, 0.05) is 23.1 Å². The third-order valence-corrected chi connectivity index (χ3v) is 4.64. The Kier molecular flexibility index (Phi) is 2.10. The number of hydrogen-bond donors (Lipinski definition) is 2. The van der Waals surface area contributed by atoms with Crippen molar-refractivity contribution in [2.75, 3.05) is 6.54 Å². The summed E-state index contributed by atoms with van der Waals surface area (Å²) in [5.41, 5.74) is 3.89. The molecule has 1 aromatic carbocycles. The van der Waals surface area contributed by atoms with Crippen LogP contribution in [0.25, 0.3) is 10.9 Å². The summed E-state index contributed by atoms with van der Waals surface area (Å²) in [7, 11) is 0. The van der Waals surface area contributed by atoms with E-state index in [9.17, 15) is 4.39 Å². The summed E-state index contributed by atoms with van der Waals surface area (Å²) < 4.78 is 13.4. The van der Waals surface area contributed by atoms with Gasteiger partial charge in [-0.3, -0.25) is 0 Å². The minimum Gasteiger partial charge on any atom is -0.357 e. The van der Waals surface area contributed by atoms with Crippen LogP contribution in [0.4, 0.5) is 4.39 Å². The Morgan fingerprint density at radius 3 is 2.83 bits per heavy atom. The van der Waals surface area contributed by atoms with Crippen molar-refractivity contribution in [3.05, 3.63) is 35.3 Å². The van der Waals surface area contributed by atoms with E-state index in [1.807, 2.05) is 6.07 Å². The van der Waals surface area contributed by atoms with E-state index in [4.69, 9.17) is 0 Å². The topological polar surface area (TPSA) is 27.8 Å². The molecule has 18 heavy (non-hydrogen) atoms. The van der Waals surface area contributed by atoms with E-state index in [1.165, 1.54) is 36.9 Å². The molecule has 0 atom stereocenters. The number of halogens is 1. The van der Waals surface area contributed by atoms with Gasteiger partial charge >= 0.3 is 0 Å². The first-order valence-electron chi connectivity index (χ1n) is 6.84. The number of nitrogens with one attached hydrogen (secondary N) is 2. The highest BCUT2D eigenvalue weighted by atomic mass is 19.1. The lowest BCUT2D eigenvalue weighted by atomic mass is 9.85. The highest BCUT2D eigenvalue weighted by molar-refractivity contribution is 5.85. The molecule has 2 heterocycles. The van der Waals surface area contributed by atoms with Crippen molar-refractivity contribution in [1.82, 2.24) is 10.3 Å². The summed E-state index contributed by atoms with van der Waals surface area (Å²) in [6.07, 6.45) is 5.98. The average molecular weight is 244 g/mol. The molecule has 0 saturated heterocycles. The smallest absolute Gasteiger partial charge is 0.123 e. The maximum atomic E-state index is 13.4. The fourth-order valence-electron chi connectivity index (χ4n) is 3.81. The molecule has 1 spiro atoms. The van der Waals surface area contributed by atoms with Crippen LogP contribution in [0.1, 0.15) is 36.9 Å². The molecule has 2 nitrogen and oxygen atoms in total. The van der Waals surface area contributed by atoms with Crippen molar-refractivity contribution < 1.29 is 4.39 Å². The molecule has 0 amide bonds. The Hall–Kier alpha value is -1.35. The molecule has 1 saturated carbocycles. The van der Waals surface area contributed by atoms with Crippen LogP contribution in [0, 0.1) is 5.82 Å². The summed E-state index contributed by atoms with van der Waals surface area (Å²) in [5.74, 6) is -0.136.